The average Bonchev–Trinajstić information content (AvgIpc) is 3.19. The van der Waals surface area contributed by atoms with Gasteiger partial charge in [-0.1, -0.05) is 30.3 Å². The summed E-state index contributed by atoms with van der Waals surface area (Å²) in [6.07, 6.45) is 4.34. The molecule has 2 aromatic rings. The predicted molar refractivity (Wildman–Crippen MR) is 100 cm³/mol. The Morgan fingerprint density at radius 1 is 1.07 bits per heavy atom. The van der Waals surface area contributed by atoms with E-state index in [0.717, 1.165) is 25.7 Å². The van der Waals surface area contributed by atoms with Gasteiger partial charge in [-0.2, -0.15) is 0 Å². The Bertz CT molecular complexity index is 799. The monoisotopic (exact) mass is 369 g/mol. The van der Waals surface area contributed by atoms with Crippen LogP contribution in [-0.4, -0.2) is 30.2 Å². The first kappa shape index (κ1) is 18.8. The molecular weight excluding hydrogens is 346 g/mol. The van der Waals surface area contributed by atoms with Gasteiger partial charge >= 0.3 is 5.97 Å². The quantitative estimate of drug-likeness (QED) is 0.779. The van der Waals surface area contributed by atoms with Crippen LogP contribution in [0.25, 0.3) is 0 Å². The summed E-state index contributed by atoms with van der Waals surface area (Å²) in [6.45, 7) is 0. The van der Waals surface area contributed by atoms with Crippen molar-refractivity contribution < 1.29 is 24.2 Å². The first-order chi connectivity index (χ1) is 13.1. The lowest BCUT2D eigenvalue weighted by Crippen LogP contribution is -2.33. The molecule has 0 unspecified atom stereocenters. The molecule has 0 aromatic heterocycles. The van der Waals surface area contributed by atoms with E-state index in [1.807, 2.05) is 0 Å². The smallest absolute Gasteiger partial charge is 0.330 e. The van der Waals surface area contributed by atoms with Gasteiger partial charge in [0.1, 0.15) is 0 Å². The number of nitrogens with one attached hydrogen (secondary N) is 1. The van der Waals surface area contributed by atoms with Crippen molar-refractivity contribution in [2.45, 2.75) is 37.8 Å². The maximum atomic E-state index is 12.7. The molecule has 1 amide bonds. The maximum absolute atomic E-state index is 12.7. The second kappa shape index (κ2) is 8.58. The molecule has 1 fully saturated rings. The van der Waals surface area contributed by atoms with Gasteiger partial charge in [0.2, 0.25) is 0 Å². The van der Waals surface area contributed by atoms with E-state index in [1.165, 1.54) is 0 Å². The van der Waals surface area contributed by atoms with Gasteiger partial charge in [0.25, 0.3) is 5.91 Å². The Labute approximate surface area is 158 Å². The van der Waals surface area contributed by atoms with Crippen LogP contribution in [0.3, 0.4) is 0 Å². The van der Waals surface area contributed by atoms with E-state index >= 15 is 0 Å². The standard InChI is InChI=1S/C21H23NO5/c1-26-17-12-11-15(13-18(17)27-16-9-5-6-10-16)20(23)22-19(21(24)25)14-7-3-2-4-8-14/h2-4,7-8,11-13,16,19H,5-6,9-10H2,1H3,(H,22,23)(H,24,25)/t19-/m1/s1. The SMILES string of the molecule is COc1ccc(C(=O)N[C@@H](C(=O)O)c2ccccc2)cc1OC1CCCC1. The molecule has 27 heavy (non-hydrogen) atoms. The molecule has 6 nitrogen and oxygen atoms in total. The molecule has 1 saturated carbocycles. The van der Waals surface area contributed by atoms with E-state index in [2.05, 4.69) is 5.32 Å². The van der Waals surface area contributed by atoms with E-state index in [1.54, 1.807) is 55.6 Å². The van der Waals surface area contributed by atoms with Crippen molar-refractivity contribution in [2.75, 3.05) is 7.11 Å². The van der Waals surface area contributed by atoms with Crippen LogP contribution in [0, 0.1) is 0 Å². The molecule has 2 aromatic carbocycles. The van der Waals surface area contributed by atoms with E-state index < -0.39 is 17.9 Å². The van der Waals surface area contributed by atoms with E-state index in [9.17, 15) is 14.7 Å². The van der Waals surface area contributed by atoms with Gasteiger partial charge < -0.3 is 19.9 Å². The number of ether oxygens (including phenoxy) is 2. The minimum Gasteiger partial charge on any atom is -0.493 e. The molecular formula is C21H23NO5. The van der Waals surface area contributed by atoms with Gasteiger partial charge in [-0.15, -0.1) is 0 Å². The molecule has 3 rings (SSSR count). The highest BCUT2D eigenvalue weighted by Crippen LogP contribution is 2.32. The van der Waals surface area contributed by atoms with Crippen molar-refractivity contribution >= 4 is 11.9 Å². The molecule has 0 saturated heterocycles. The van der Waals surface area contributed by atoms with Crippen molar-refractivity contribution in [3.63, 3.8) is 0 Å². The number of hydrogen-bond acceptors (Lipinski definition) is 4. The lowest BCUT2D eigenvalue weighted by atomic mass is 10.1. The molecule has 0 radical (unpaired) electrons. The Kier molecular flexibility index (Phi) is 5.96. The average molecular weight is 369 g/mol. The lowest BCUT2D eigenvalue weighted by molar-refractivity contribution is -0.139. The van der Waals surface area contributed by atoms with Crippen molar-refractivity contribution in [3.05, 3.63) is 59.7 Å². The Hall–Kier alpha value is -3.02. The second-order valence-corrected chi connectivity index (χ2v) is 6.55. The lowest BCUT2D eigenvalue weighted by Gasteiger charge is -2.18. The van der Waals surface area contributed by atoms with Crippen molar-refractivity contribution in [3.8, 4) is 11.5 Å². The van der Waals surface area contributed by atoms with Crippen LogP contribution in [0.5, 0.6) is 11.5 Å². The summed E-state index contributed by atoms with van der Waals surface area (Å²) in [4.78, 5) is 24.3. The zero-order valence-corrected chi connectivity index (χ0v) is 15.2. The first-order valence-electron chi connectivity index (χ1n) is 9.02. The third kappa shape index (κ3) is 4.58. The van der Waals surface area contributed by atoms with Gasteiger partial charge in [-0.25, -0.2) is 4.79 Å². The molecule has 1 aliphatic rings. The molecule has 0 bridgehead atoms. The van der Waals surface area contributed by atoms with Crippen LogP contribution in [0.4, 0.5) is 0 Å². The molecule has 142 valence electrons. The fourth-order valence-electron chi connectivity index (χ4n) is 3.24. The molecule has 1 atom stereocenters. The summed E-state index contributed by atoms with van der Waals surface area (Å²) in [5.74, 6) is -0.546. The minimum atomic E-state index is -1.12. The van der Waals surface area contributed by atoms with Gasteiger partial charge in [0.05, 0.1) is 13.2 Å². The third-order valence-electron chi connectivity index (χ3n) is 4.68. The number of rotatable bonds is 7. The van der Waals surface area contributed by atoms with Crippen LogP contribution in [0.1, 0.15) is 47.6 Å². The predicted octanol–water partition coefficient (Wildman–Crippen LogP) is 3.57. The van der Waals surface area contributed by atoms with E-state index in [-0.39, 0.29) is 6.10 Å². The highest BCUT2D eigenvalue weighted by Gasteiger charge is 2.24. The van der Waals surface area contributed by atoms with Crippen LogP contribution in [0.15, 0.2) is 48.5 Å². The summed E-state index contributed by atoms with van der Waals surface area (Å²) >= 11 is 0. The highest BCUT2D eigenvalue weighted by molar-refractivity contribution is 5.97. The zero-order valence-electron chi connectivity index (χ0n) is 15.2. The number of carbonyl (C=O) groups excluding carboxylic acids is 1. The number of hydrogen-bond donors (Lipinski definition) is 2. The Morgan fingerprint density at radius 2 is 1.78 bits per heavy atom. The number of methoxy groups -OCH3 is 1. The van der Waals surface area contributed by atoms with Gasteiger partial charge in [0, 0.05) is 5.56 Å². The molecule has 1 aliphatic carbocycles. The highest BCUT2D eigenvalue weighted by atomic mass is 16.5. The summed E-state index contributed by atoms with van der Waals surface area (Å²) in [7, 11) is 1.55. The molecule has 6 heteroatoms. The summed E-state index contributed by atoms with van der Waals surface area (Å²) in [5, 5.41) is 12.1. The molecule has 0 heterocycles. The maximum Gasteiger partial charge on any atom is 0.330 e. The third-order valence-corrected chi connectivity index (χ3v) is 4.68. The van der Waals surface area contributed by atoms with Crippen LogP contribution in [0.2, 0.25) is 0 Å². The van der Waals surface area contributed by atoms with Crippen molar-refractivity contribution in [1.82, 2.24) is 5.32 Å². The Morgan fingerprint density at radius 3 is 2.41 bits per heavy atom. The second-order valence-electron chi connectivity index (χ2n) is 6.55. The van der Waals surface area contributed by atoms with Gasteiger partial charge in [-0.05, 0) is 49.4 Å². The van der Waals surface area contributed by atoms with Gasteiger partial charge in [0.15, 0.2) is 17.5 Å². The van der Waals surface area contributed by atoms with Crippen LogP contribution in [-0.2, 0) is 4.79 Å². The summed E-state index contributed by atoms with van der Waals surface area (Å²) in [5.41, 5.74) is 0.834. The topological polar surface area (TPSA) is 84.9 Å². The number of carbonyl (C=O) groups is 2. The molecule has 0 spiro atoms. The fraction of sp³-hybridized carbons (Fsp3) is 0.333. The number of benzene rings is 2. The van der Waals surface area contributed by atoms with Crippen molar-refractivity contribution in [1.29, 1.82) is 0 Å². The number of aliphatic carboxylic acids is 1. The van der Waals surface area contributed by atoms with E-state index in [0.29, 0.717) is 22.6 Å². The van der Waals surface area contributed by atoms with Crippen LogP contribution < -0.4 is 14.8 Å². The zero-order chi connectivity index (χ0) is 19.2. The normalized spacial score (nSPS) is 15.1. The van der Waals surface area contributed by atoms with Crippen LogP contribution >= 0.6 is 0 Å². The van der Waals surface area contributed by atoms with Crippen molar-refractivity contribution in [2.24, 2.45) is 0 Å². The minimum absolute atomic E-state index is 0.119. The summed E-state index contributed by atoms with van der Waals surface area (Å²) < 4.78 is 11.3. The first-order valence-corrected chi connectivity index (χ1v) is 9.02. The number of amides is 1. The molecule has 0 aliphatic heterocycles. The van der Waals surface area contributed by atoms with Gasteiger partial charge in [-0.3, -0.25) is 4.79 Å². The Balaban J connectivity index is 1.79. The number of carboxylic acid groups (broad SMARTS) is 1. The summed E-state index contributed by atoms with van der Waals surface area (Å²) in [6, 6.07) is 12.3. The fourth-order valence-corrected chi connectivity index (χ4v) is 3.24. The van der Waals surface area contributed by atoms with E-state index in [4.69, 9.17) is 9.47 Å². The largest absolute Gasteiger partial charge is 0.493 e. The molecule has 2 N–H and O–H groups in total. The number of carboxylic acids is 1.